The van der Waals surface area contributed by atoms with E-state index in [0.717, 1.165) is 11.3 Å². The molecule has 0 radical (unpaired) electrons. The first-order valence-electron chi connectivity index (χ1n) is 4.98. The highest BCUT2D eigenvalue weighted by Crippen LogP contribution is 2.38. The Morgan fingerprint density at radius 2 is 2.29 bits per heavy atom. The summed E-state index contributed by atoms with van der Waals surface area (Å²) in [7, 11) is 0. The molecule has 1 aromatic rings. The lowest BCUT2D eigenvalue weighted by Crippen LogP contribution is -2.36. The molecule has 0 bridgehead atoms. The molecule has 5 N–H and O–H groups in total. The van der Waals surface area contributed by atoms with Gasteiger partial charge in [0.1, 0.15) is 0 Å². The fraction of sp³-hybridized carbons (Fsp3) is 0.500. The molecule has 0 amide bonds. The Kier molecular flexibility index (Phi) is 2.65. The minimum atomic E-state index is 0.164. The van der Waals surface area contributed by atoms with E-state index in [-0.39, 0.29) is 6.04 Å². The van der Waals surface area contributed by atoms with Gasteiger partial charge in [0, 0.05) is 23.6 Å². The molecular weight excluding hydrogens is 176 g/mol. The molecule has 1 fully saturated rings. The van der Waals surface area contributed by atoms with Gasteiger partial charge in [0.05, 0.1) is 6.04 Å². The van der Waals surface area contributed by atoms with E-state index in [1.165, 1.54) is 19.3 Å². The third kappa shape index (κ3) is 1.58. The topological polar surface area (TPSA) is 77.0 Å². The van der Waals surface area contributed by atoms with Crippen LogP contribution in [0.15, 0.2) is 18.5 Å². The zero-order chi connectivity index (χ0) is 9.97. The Bertz CT molecular complexity index is 309. The molecule has 0 spiro atoms. The second-order valence-corrected chi connectivity index (χ2v) is 3.84. The van der Waals surface area contributed by atoms with Crippen LogP contribution in [0.2, 0.25) is 0 Å². The van der Waals surface area contributed by atoms with Gasteiger partial charge in [-0.05, 0) is 24.8 Å². The summed E-state index contributed by atoms with van der Waals surface area (Å²) in [4.78, 5) is 4.08. The highest BCUT2D eigenvalue weighted by atomic mass is 15.2. The summed E-state index contributed by atoms with van der Waals surface area (Å²) >= 11 is 0. The molecule has 1 heterocycles. The van der Waals surface area contributed by atoms with E-state index >= 15 is 0 Å². The quantitative estimate of drug-likeness (QED) is 0.492. The highest BCUT2D eigenvalue weighted by molar-refractivity contribution is 5.46. The summed E-state index contributed by atoms with van der Waals surface area (Å²) in [5.41, 5.74) is 10.5. The normalized spacial score (nSPS) is 18.9. The maximum Gasteiger partial charge on any atom is 0.0523 e. The first-order valence-corrected chi connectivity index (χ1v) is 4.98. The van der Waals surface area contributed by atoms with Crippen LogP contribution in [-0.4, -0.2) is 4.98 Å². The predicted molar refractivity (Wildman–Crippen MR) is 56.1 cm³/mol. The molecule has 4 nitrogen and oxygen atoms in total. The van der Waals surface area contributed by atoms with Crippen molar-refractivity contribution in [2.45, 2.75) is 25.3 Å². The van der Waals surface area contributed by atoms with Gasteiger partial charge < -0.3 is 5.73 Å². The van der Waals surface area contributed by atoms with Crippen molar-refractivity contribution in [2.75, 3.05) is 5.73 Å². The van der Waals surface area contributed by atoms with Crippen molar-refractivity contribution in [2.24, 2.45) is 11.8 Å². The van der Waals surface area contributed by atoms with Crippen molar-refractivity contribution in [3.05, 3.63) is 24.0 Å². The lowest BCUT2D eigenvalue weighted by molar-refractivity contribution is 0.232. The maximum absolute atomic E-state index is 5.88. The monoisotopic (exact) mass is 192 g/mol. The summed E-state index contributed by atoms with van der Waals surface area (Å²) in [6.45, 7) is 0. The fourth-order valence-corrected chi connectivity index (χ4v) is 1.93. The van der Waals surface area contributed by atoms with Crippen LogP contribution >= 0.6 is 0 Å². The zero-order valence-electron chi connectivity index (χ0n) is 8.11. The zero-order valence-corrected chi connectivity index (χ0v) is 8.11. The number of pyridine rings is 1. The number of aromatic nitrogens is 1. The number of nitrogens with two attached hydrogens (primary N) is 2. The summed E-state index contributed by atoms with van der Waals surface area (Å²) in [5, 5.41) is 0. The van der Waals surface area contributed by atoms with Crippen LogP contribution in [0.1, 0.15) is 30.9 Å². The van der Waals surface area contributed by atoms with Crippen molar-refractivity contribution in [1.82, 2.24) is 10.4 Å². The van der Waals surface area contributed by atoms with E-state index < -0.39 is 0 Å². The lowest BCUT2D eigenvalue weighted by atomic mass is 9.77. The van der Waals surface area contributed by atoms with Gasteiger partial charge in [-0.1, -0.05) is 6.42 Å². The molecule has 1 saturated carbocycles. The SMILES string of the molecule is NNC(c1cnccc1N)C1CCC1. The molecule has 14 heavy (non-hydrogen) atoms. The summed E-state index contributed by atoms with van der Waals surface area (Å²) in [6.07, 6.45) is 7.25. The first-order chi connectivity index (χ1) is 6.83. The minimum Gasteiger partial charge on any atom is -0.398 e. The Hall–Kier alpha value is -1.13. The number of nitrogens with one attached hydrogen (secondary N) is 1. The van der Waals surface area contributed by atoms with Crippen molar-refractivity contribution >= 4 is 5.69 Å². The van der Waals surface area contributed by atoms with Crippen LogP contribution in [0.5, 0.6) is 0 Å². The van der Waals surface area contributed by atoms with E-state index in [2.05, 4.69) is 10.4 Å². The van der Waals surface area contributed by atoms with Crippen LogP contribution in [0, 0.1) is 5.92 Å². The second kappa shape index (κ2) is 3.94. The van der Waals surface area contributed by atoms with Crippen LogP contribution in [0.25, 0.3) is 0 Å². The molecule has 2 rings (SSSR count). The molecule has 4 heteroatoms. The van der Waals surface area contributed by atoms with Crippen LogP contribution in [0.4, 0.5) is 5.69 Å². The Morgan fingerprint density at radius 3 is 2.79 bits per heavy atom. The predicted octanol–water partition coefficient (Wildman–Crippen LogP) is 0.968. The molecule has 1 unspecified atom stereocenters. The number of anilines is 1. The van der Waals surface area contributed by atoms with E-state index in [4.69, 9.17) is 11.6 Å². The van der Waals surface area contributed by atoms with E-state index in [9.17, 15) is 0 Å². The van der Waals surface area contributed by atoms with E-state index in [0.29, 0.717) is 5.92 Å². The maximum atomic E-state index is 5.88. The van der Waals surface area contributed by atoms with Crippen molar-refractivity contribution in [3.8, 4) is 0 Å². The van der Waals surface area contributed by atoms with Gasteiger partial charge in [-0.2, -0.15) is 0 Å². The van der Waals surface area contributed by atoms with E-state index in [1.54, 1.807) is 12.4 Å². The van der Waals surface area contributed by atoms with Gasteiger partial charge in [-0.25, -0.2) is 0 Å². The smallest absolute Gasteiger partial charge is 0.0523 e. The molecule has 1 atom stereocenters. The Balaban J connectivity index is 2.22. The first kappa shape index (κ1) is 9.43. The molecule has 0 aromatic carbocycles. The van der Waals surface area contributed by atoms with Crippen LogP contribution < -0.4 is 17.0 Å². The van der Waals surface area contributed by atoms with Gasteiger partial charge in [-0.3, -0.25) is 16.3 Å². The van der Waals surface area contributed by atoms with Crippen LogP contribution in [-0.2, 0) is 0 Å². The number of hydrazine groups is 1. The molecule has 0 saturated heterocycles. The van der Waals surface area contributed by atoms with Gasteiger partial charge in [0.15, 0.2) is 0 Å². The molecule has 1 aliphatic rings. The summed E-state index contributed by atoms with van der Waals surface area (Å²) < 4.78 is 0. The third-order valence-corrected chi connectivity index (χ3v) is 3.02. The number of rotatable bonds is 3. The van der Waals surface area contributed by atoms with Crippen LogP contribution in [0.3, 0.4) is 0 Å². The average Bonchev–Trinajstić information content (AvgIpc) is 2.12. The molecular formula is C10H16N4. The largest absolute Gasteiger partial charge is 0.398 e. The van der Waals surface area contributed by atoms with Gasteiger partial charge in [0.25, 0.3) is 0 Å². The van der Waals surface area contributed by atoms with Crippen molar-refractivity contribution in [1.29, 1.82) is 0 Å². The Morgan fingerprint density at radius 1 is 1.50 bits per heavy atom. The standard InChI is InChI=1S/C10H16N4/c11-9-4-5-13-6-8(9)10(14-12)7-2-1-3-7/h4-7,10,14H,1-3,12H2,(H2,11,13). The number of hydrogen-bond acceptors (Lipinski definition) is 4. The summed E-state index contributed by atoms with van der Waals surface area (Å²) in [6, 6.07) is 1.98. The van der Waals surface area contributed by atoms with Gasteiger partial charge in [-0.15, -0.1) is 0 Å². The van der Waals surface area contributed by atoms with Gasteiger partial charge in [0.2, 0.25) is 0 Å². The summed E-state index contributed by atoms with van der Waals surface area (Å²) in [5.74, 6) is 6.17. The number of nitrogens with zero attached hydrogens (tertiary/aromatic N) is 1. The average molecular weight is 192 g/mol. The molecule has 1 aromatic heterocycles. The fourth-order valence-electron chi connectivity index (χ4n) is 1.93. The molecule has 0 aliphatic heterocycles. The number of nitrogen functional groups attached to an aromatic ring is 1. The minimum absolute atomic E-state index is 0.164. The number of hydrogen-bond donors (Lipinski definition) is 3. The second-order valence-electron chi connectivity index (χ2n) is 3.84. The van der Waals surface area contributed by atoms with E-state index in [1.807, 2.05) is 6.07 Å². The molecule has 1 aliphatic carbocycles. The van der Waals surface area contributed by atoms with Gasteiger partial charge >= 0.3 is 0 Å². The van der Waals surface area contributed by atoms with Crippen molar-refractivity contribution in [3.63, 3.8) is 0 Å². The third-order valence-electron chi connectivity index (χ3n) is 3.02. The van der Waals surface area contributed by atoms with Crippen molar-refractivity contribution < 1.29 is 0 Å². The highest BCUT2D eigenvalue weighted by Gasteiger charge is 2.28. The lowest BCUT2D eigenvalue weighted by Gasteiger charge is -2.33. The molecule has 76 valence electrons. The Labute approximate surface area is 83.7 Å².